The summed E-state index contributed by atoms with van der Waals surface area (Å²) in [7, 11) is 0. The highest BCUT2D eigenvalue weighted by Crippen LogP contribution is 2.43. The summed E-state index contributed by atoms with van der Waals surface area (Å²) in [6, 6.07) is 32.0. The van der Waals surface area contributed by atoms with Crippen LogP contribution in [0.2, 0.25) is 0 Å². The molecule has 0 aliphatic heterocycles. The van der Waals surface area contributed by atoms with Gasteiger partial charge in [0, 0.05) is 5.92 Å². The third-order valence-electron chi connectivity index (χ3n) is 7.17. The van der Waals surface area contributed by atoms with Crippen molar-refractivity contribution in [3.8, 4) is 0 Å². The van der Waals surface area contributed by atoms with Crippen molar-refractivity contribution in [2.45, 2.75) is 38.5 Å². The van der Waals surface area contributed by atoms with Gasteiger partial charge in [-0.15, -0.1) is 12.4 Å². The normalized spacial score (nSPS) is 15.2. The summed E-state index contributed by atoms with van der Waals surface area (Å²) >= 11 is 0. The molecule has 0 saturated carbocycles. The van der Waals surface area contributed by atoms with Crippen molar-refractivity contribution < 1.29 is 0 Å². The third-order valence-corrected chi connectivity index (χ3v) is 7.17. The molecule has 0 aromatic heterocycles. The Morgan fingerprint density at radius 2 is 1.34 bits per heavy atom. The zero-order chi connectivity index (χ0) is 20.1. The van der Waals surface area contributed by atoms with E-state index in [0.29, 0.717) is 5.92 Å². The van der Waals surface area contributed by atoms with Gasteiger partial charge in [0.1, 0.15) is 0 Å². The quantitative estimate of drug-likeness (QED) is 0.274. The van der Waals surface area contributed by atoms with Crippen LogP contribution in [0.15, 0.2) is 84.9 Å². The van der Waals surface area contributed by atoms with E-state index in [2.05, 4.69) is 91.9 Å². The number of hydrogen-bond donors (Lipinski definition) is 1. The molecule has 2 heteroatoms. The van der Waals surface area contributed by atoms with Crippen LogP contribution in [0, 0.1) is 0 Å². The Kier molecular flexibility index (Phi) is 6.24. The molecule has 1 nitrogen and oxygen atoms in total. The van der Waals surface area contributed by atoms with Crippen molar-refractivity contribution in [3.63, 3.8) is 0 Å². The van der Waals surface area contributed by atoms with Gasteiger partial charge in [0.05, 0.1) is 0 Å². The van der Waals surface area contributed by atoms with Gasteiger partial charge in [-0.2, -0.15) is 0 Å². The van der Waals surface area contributed by atoms with Crippen LogP contribution in [0.25, 0.3) is 32.3 Å². The lowest BCUT2D eigenvalue weighted by atomic mass is 9.75. The fraction of sp³-hybridized carbons (Fsp3) is 0.200. The monoisotopic (exact) mass is 439 g/mol. The van der Waals surface area contributed by atoms with Crippen LogP contribution in [0.4, 0.5) is 0 Å². The highest BCUT2D eigenvalue weighted by Gasteiger charge is 2.25. The van der Waals surface area contributed by atoms with Gasteiger partial charge in [0.2, 0.25) is 0 Å². The fourth-order valence-corrected chi connectivity index (χ4v) is 5.73. The first-order chi connectivity index (χ1) is 14.8. The van der Waals surface area contributed by atoms with Crippen molar-refractivity contribution in [2.24, 2.45) is 0 Å². The molecule has 32 heavy (non-hydrogen) atoms. The number of benzene rings is 5. The molecule has 0 spiro atoms. The molecule has 5 aromatic carbocycles. The molecule has 6 rings (SSSR count). The summed E-state index contributed by atoms with van der Waals surface area (Å²) in [6.45, 7) is 2.26. The molecule has 0 heterocycles. The minimum Gasteiger partial charge on any atom is -0.344 e. The van der Waals surface area contributed by atoms with E-state index in [1.165, 1.54) is 62.7 Å². The molecular weight excluding hydrogens is 410 g/mol. The van der Waals surface area contributed by atoms with Crippen molar-refractivity contribution in [2.75, 3.05) is 0 Å². The molecule has 0 amide bonds. The second-order valence-corrected chi connectivity index (χ2v) is 8.67. The minimum atomic E-state index is 0. The van der Waals surface area contributed by atoms with Gasteiger partial charge in [0.15, 0.2) is 0 Å². The van der Waals surface area contributed by atoms with Crippen molar-refractivity contribution >= 4 is 44.7 Å². The van der Waals surface area contributed by atoms with Crippen LogP contribution >= 0.6 is 12.4 Å². The average Bonchev–Trinajstić information content (AvgIpc) is 2.82. The molecule has 1 atom stereocenters. The maximum absolute atomic E-state index is 2.43. The van der Waals surface area contributed by atoms with Crippen molar-refractivity contribution in [1.82, 2.24) is 6.15 Å². The largest absolute Gasteiger partial charge is 0.344 e. The topological polar surface area (TPSA) is 35.0 Å². The van der Waals surface area contributed by atoms with E-state index >= 15 is 0 Å². The molecule has 1 aliphatic carbocycles. The molecule has 162 valence electrons. The first kappa shape index (κ1) is 22.3. The lowest BCUT2D eigenvalue weighted by Crippen LogP contribution is -2.12. The van der Waals surface area contributed by atoms with Gasteiger partial charge in [-0.1, -0.05) is 91.9 Å². The molecule has 0 radical (unpaired) electrons. The summed E-state index contributed by atoms with van der Waals surface area (Å²) in [5, 5.41) is 8.42. The zero-order valence-electron chi connectivity index (χ0n) is 18.6. The van der Waals surface area contributed by atoms with Crippen LogP contribution in [0.1, 0.15) is 47.9 Å². The maximum Gasteiger partial charge on any atom is 0.00985 e. The lowest BCUT2D eigenvalue weighted by Gasteiger charge is -2.29. The van der Waals surface area contributed by atoms with Crippen LogP contribution in [0.3, 0.4) is 0 Å². The second-order valence-electron chi connectivity index (χ2n) is 8.67. The summed E-state index contributed by atoms with van der Waals surface area (Å²) in [5.41, 5.74) is 6.07. The fourth-order valence-electron chi connectivity index (χ4n) is 5.73. The van der Waals surface area contributed by atoms with Crippen LogP contribution in [-0.2, 0) is 12.8 Å². The summed E-state index contributed by atoms with van der Waals surface area (Å²) < 4.78 is 0. The SMILES string of the molecule is CCc1ccc(C2CCCc3c2ccc2c3ccc3ccccc32)c2ccccc12.Cl.N. The first-order valence-electron chi connectivity index (χ1n) is 11.3. The molecule has 5 aromatic rings. The van der Waals surface area contributed by atoms with Gasteiger partial charge >= 0.3 is 0 Å². The molecule has 0 bridgehead atoms. The summed E-state index contributed by atoms with van der Waals surface area (Å²) in [6.07, 6.45) is 4.77. The van der Waals surface area contributed by atoms with Gasteiger partial charge in [-0.05, 0) is 80.3 Å². The predicted molar refractivity (Wildman–Crippen MR) is 142 cm³/mol. The standard InChI is InChI=1S/C30H26.ClH.H3N/c1-2-20-14-16-28(24-11-6-5-9-22(20)24)25-12-7-13-26-29-17-15-21-8-3-4-10-23(21)27(29)18-19-30(25)26;;/h3-6,8-11,14-19,25H,2,7,12-13H2,1H3;1H;1H3. The Morgan fingerprint density at radius 3 is 2.16 bits per heavy atom. The van der Waals surface area contributed by atoms with E-state index in [-0.39, 0.29) is 18.6 Å². The number of hydrogen-bond acceptors (Lipinski definition) is 1. The minimum absolute atomic E-state index is 0. The molecule has 0 fully saturated rings. The van der Waals surface area contributed by atoms with Crippen LogP contribution < -0.4 is 6.15 Å². The van der Waals surface area contributed by atoms with Gasteiger partial charge in [-0.3, -0.25) is 0 Å². The van der Waals surface area contributed by atoms with E-state index in [1.54, 1.807) is 11.1 Å². The number of halogens is 1. The van der Waals surface area contributed by atoms with E-state index in [9.17, 15) is 0 Å². The van der Waals surface area contributed by atoms with Gasteiger partial charge in [-0.25, -0.2) is 0 Å². The number of aryl methyl sites for hydroxylation is 2. The molecule has 1 aliphatic rings. The Morgan fingerprint density at radius 1 is 0.656 bits per heavy atom. The van der Waals surface area contributed by atoms with Gasteiger partial charge < -0.3 is 6.15 Å². The molecule has 3 N–H and O–H groups in total. The Labute approximate surface area is 196 Å². The highest BCUT2D eigenvalue weighted by atomic mass is 35.5. The smallest absolute Gasteiger partial charge is 0.00985 e. The number of rotatable bonds is 2. The van der Waals surface area contributed by atoms with Gasteiger partial charge in [0.25, 0.3) is 0 Å². The van der Waals surface area contributed by atoms with E-state index in [1.807, 2.05) is 0 Å². The van der Waals surface area contributed by atoms with Crippen LogP contribution in [0.5, 0.6) is 0 Å². The maximum atomic E-state index is 2.43. The van der Waals surface area contributed by atoms with Crippen LogP contribution in [-0.4, -0.2) is 0 Å². The summed E-state index contributed by atoms with van der Waals surface area (Å²) in [5.74, 6) is 0.487. The Bertz CT molecular complexity index is 1420. The number of fused-ring (bicyclic) bond motifs is 6. The molecule has 1 unspecified atom stereocenters. The Hall–Kier alpha value is -2.87. The molecule has 0 saturated heterocycles. The van der Waals surface area contributed by atoms with E-state index in [4.69, 9.17) is 0 Å². The predicted octanol–water partition coefficient (Wildman–Crippen LogP) is 8.76. The van der Waals surface area contributed by atoms with Crippen molar-refractivity contribution in [1.29, 1.82) is 0 Å². The lowest BCUT2D eigenvalue weighted by molar-refractivity contribution is 0.622. The highest BCUT2D eigenvalue weighted by molar-refractivity contribution is 6.09. The first-order valence-corrected chi connectivity index (χ1v) is 11.3. The average molecular weight is 440 g/mol. The van der Waals surface area contributed by atoms with E-state index < -0.39 is 0 Å². The van der Waals surface area contributed by atoms with Crippen molar-refractivity contribution in [3.05, 3.63) is 107 Å². The van der Waals surface area contributed by atoms with E-state index in [0.717, 1.165) is 6.42 Å². The third kappa shape index (κ3) is 3.37. The summed E-state index contributed by atoms with van der Waals surface area (Å²) in [4.78, 5) is 0. The Balaban J connectivity index is 0.00000122. The molecular formula is C30H30ClN. The zero-order valence-corrected chi connectivity index (χ0v) is 19.4. The second kappa shape index (κ2) is 8.94.